The Hall–Kier alpha value is -1.56. The van der Waals surface area contributed by atoms with Crippen molar-refractivity contribution in [2.24, 2.45) is 0 Å². The number of carbonyl (C=O) groups is 2. The molecular formula is C15H19FN2O2S. The summed E-state index contributed by atoms with van der Waals surface area (Å²) in [6.45, 7) is 2.18. The van der Waals surface area contributed by atoms with Crippen LogP contribution in [0.4, 0.5) is 4.39 Å². The quantitative estimate of drug-likeness (QED) is 0.853. The average Bonchev–Trinajstić information content (AvgIpc) is 2.47. The van der Waals surface area contributed by atoms with Crippen LogP contribution < -0.4 is 0 Å². The summed E-state index contributed by atoms with van der Waals surface area (Å²) in [7, 11) is 0. The van der Waals surface area contributed by atoms with E-state index in [1.165, 1.54) is 12.1 Å². The molecule has 1 saturated heterocycles. The molecule has 2 rings (SSSR count). The predicted molar refractivity (Wildman–Crippen MR) is 81.7 cm³/mol. The van der Waals surface area contributed by atoms with Crippen molar-refractivity contribution in [2.75, 3.05) is 31.9 Å². The summed E-state index contributed by atoms with van der Waals surface area (Å²) in [5.74, 6) is 0.268. The van der Waals surface area contributed by atoms with Crippen molar-refractivity contribution >= 4 is 24.4 Å². The normalized spacial score (nSPS) is 15.1. The Labute approximate surface area is 129 Å². The monoisotopic (exact) mass is 310 g/mol. The van der Waals surface area contributed by atoms with Gasteiger partial charge in [-0.15, -0.1) is 0 Å². The maximum Gasteiger partial charge on any atom is 0.227 e. The number of carbonyl (C=O) groups excluding carboxylic acids is 2. The molecule has 1 aliphatic heterocycles. The third-order valence-electron chi connectivity index (χ3n) is 3.56. The summed E-state index contributed by atoms with van der Waals surface area (Å²) >= 11 is 4.05. The van der Waals surface area contributed by atoms with E-state index in [9.17, 15) is 14.0 Å². The lowest BCUT2D eigenvalue weighted by Crippen LogP contribution is -2.51. The van der Waals surface area contributed by atoms with Crippen LogP contribution in [0.3, 0.4) is 0 Å². The van der Waals surface area contributed by atoms with Crippen LogP contribution in [0.1, 0.15) is 12.0 Å². The van der Waals surface area contributed by atoms with Gasteiger partial charge >= 0.3 is 0 Å². The maximum atomic E-state index is 13.1. The van der Waals surface area contributed by atoms with Crippen molar-refractivity contribution in [3.8, 4) is 0 Å². The maximum absolute atomic E-state index is 13.1. The smallest absolute Gasteiger partial charge is 0.227 e. The fourth-order valence-electron chi connectivity index (χ4n) is 2.39. The van der Waals surface area contributed by atoms with Crippen molar-refractivity contribution in [1.82, 2.24) is 9.80 Å². The van der Waals surface area contributed by atoms with Gasteiger partial charge in [0.1, 0.15) is 5.82 Å². The van der Waals surface area contributed by atoms with Crippen LogP contribution in [-0.4, -0.2) is 53.5 Å². The largest absolute Gasteiger partial charge is 0.339 e. The minimum absolute atomic E-state index is 0.0260. The van der Waals surface area contributed by atoms with Gasteiger partial charge in [-0.05, 0) is 23.4 Å². The lowest BCUT2D eigenvalue weighted by molar-refractivity contribution is -0.138. The molecular weight excluding hydrogens is 291 g/mol. The standard InChI is InChI=1S/C15H19FN2O2S/c16-13-3-1-2-12(10-13)11-15(20)18-7-5-17(6-8-18)14(19)4-9-21/h1-3,10,21H,4-9,11H2. The highest BCUT2D eigenvalue weighted by molar-refractivity contribution is 7.80. The lowest BCUT2D eigenvalue weighted by Gasteiger charge is -2.34. The molecule has 1 aliphatic rings. The molecule has 21 heavy (non-hydrogen) atoms. The second-order valence-corrected chi connectivity index (χ2v) is 5.49. The van der Waals surface area contributed by atoms with Crippen LogP contribution in [0.2, 0.25) is 0 Å². The molecule has 0 spiro atoms. The Kier molecular flexibility index (Phi) is 5.61. The van der Waals surface area contributed by atoms with Crippen LogP contribution in [0.25, 0.3) is 0 Å². The number of piperazine rings is 1. The Morgan fingerprint density at radius 3 is 2.29 bits per heavy atom. The SMILES string of the molecule is O=C(CCS)N1CCN(C(=O)Cc2cccc(F)c2)CC1. The van der Waals surface area contributed by atoms with Crippen molar-refractivity contribution in [3.05, 3.63) is 35.6 Å². The molecule has 0 radical (unpaired) electrons. The first-order valence-corrected chi connectivity index (χ1v) is 7.64. The summed E-state index contributed by atoms with van der Waals surface area (Å²) in [6.07, 6.45) is 0.628. The van der Waals surface area contributed by atoms with Gasteiger partial charge in [0.25, 0.3) is 0 Å². The van der Waals surface area contributed by atoms with Gasteiger partial charge in [-0.1, -0.05) is 12.1 Å². The molecule has 0 bridgehead atoms. The van der Waals surface area contributed by atoms with E-state index in [0.717, 1.165) is 0 Å². The first kappa shape index (κ1) is 15.8. The Balaban J connectivity index is 1.84. The zero-order chi connectivity index (χ0) is 15.2. The molecule has 6 heteroatoms. The molecule has 1 aromatic carbocycles. The van der Waals surface area contributed by atoms with Gasteiger partial charge in [0.05, 0.1) is 6.42 Å². The highest BCUT2D eigenvalue weighted by atomic mass is 32.1. The van der Waals surface area contributed by atoms with Crippen LogP contribution in [-0.2, 0) is 16.0 Å². The number of hydrogen-bond donors (Lipinski definition) is 1. The zero-order valence-electron chi connectivity index (χ0n) is 11.8. The Morgan fingerprint density at radius 1 is 1.10 bits per heavy atom. The number of thiol groups is 1. The highest BCUT2D eigenvalue weighted by Crippen LogP contribution is 2.09. The molecule has 1 heterocycles. The van der Waals surface area contributed by atoms with Gasteiger partial charge in [0.15, 0.2) is 0 Å². The molecule has 0 aliphatic carbocycles. The van der Waals surface area contributed by atoms with Crippen molar-refractivity contribution in [1.29, 1.82) is 0 Å². The van der Waals surface area contributed by atoms with E-state index in [1.54, 1.807) is 21.9 Å². The van der Waals surface area contributed by atoms with Crippen molar-refractivity contribution < 1.29 is 14.0 Å². The molecule has 0 N–H and O–H groups in total. The Morgan fingerprint density at radius 2 is 1.71 bits per heavy atom. The number of amides is 2. The van der Waals surface area contributed by atoms with Gasteiger partial charge in [0, 0.05) is 32.6 Å². The highest BCUT2D eigenvalue weighted by Gasteiger charge is 2.23. The predicted octanol–water partition coefficient (Wildman–Crippen LogP) is 1.36. The van der Waals surface area contributed by atoms with Gasteiger partial charge < -0.3 is 9.80 Å². The van der Waals surface area contributed by atoms with Gasteiger partial charge in [-0.2, -0.15) is 12.6 Å². The number of benzene rings is 1. The van der Waals surface area contributed by atoms with Gasteiger partial charge in [-0.25, -0.2) is 4.39 Å². The molecule has 114 valence electrons. The fourth-order valence-corrected chi connectivity index (χ4v) is 2.58. The number of hydrogen-bond acceptors (Lipinski definition) is 3. The van der Waals surface area contributed by atoms with E-state index in [4.69, 9.17) is 0 Å². The second kappa shape index (κ2) is 7.45. The first-order valence-electron chi connectivity index (χ1n) is 7.01. The van der Waals surface area contributed by atoms with E-state index >= 15 is 0 Å². The molecule has 4 nitrogen and oxygen atoms in total. The first-order chi connectivity index (χ1) is 10.1. The minimum atomic E-state index is -0.331. The summed E-state index contributed by atoms with van der Waals surface area (Å²) in [6, 6.07) is 6.09. The van der Waals surface area contributed by atoms with E-state index in [2.05, 4.69) is 12.6 Å². The van der Waals surface area contributed by atoms with E-state index in [-0.39, 0.29) is 24.1 Å². The molecule has 2 amide bonds. The summed E-state index contributed by atoms with van der Waals surface area (Å²) in [5.41, 5.74) is 0.675. The summed E-state index contributed by atoms with van der Waals surface area (Å²) < 4.78 is 13.1. The van der Waals surface area contributed by atoms with E-state index in [1.807, 2.05) is 0 Å². The van der Waals surface area contributed by atoms with E-state index in [0.29, 0.717) is 43.9 Å². The van der Waals surface area contributed by atoms with Gasteiger partial charge in [0.2, 0.25) is 11.8 Å². The molecule has 1 fully saturated rings. The number of nitrogens with zero attached hydrogens (tertiary/aromatic N) is 2. The van der Waals surface area contributed by atoms with E-state index < -0.39 is 0 Å². The fraction of sp³-hybridized carbons (Fsp3) is 0.467. The summed E-state index contributed by atoms with van der Waals surface area (Å²) in [4.78, 5) is 27.4. The number of halogens is 1. The minimum Gasteiger partial charge on any atom is -0.339 e. The van der Waals surface area contributed by atoms with Gasteiger partial charge in [-0.3, -0.25) is 9.59 Å². The second-order valence-electron chi connectivity index (χ2n) is 5.04. The van der Waals surface area contributed by atoms with Crippen molar-refractivity contribution in [2.45, 2.75) is 12.8 Å². The lowest BCUT2D eigenvalue weighted by atomic mass is 10.1. The third kappa shape index (κ3) is 4.46. The Bertz CT molecular complexity index is 516. The third-order valence-corrected chi connectivity index (χ3v) is 3.78. The van der Waals surface area contributed by atoms with Crippen LogP contribution in [0, 0.1) is 5.82 Å². The molecule has 1 aromatic rings. The zero-order valence-corrected chi connectivity index (χ0v) is 12.7. The van der Waals surface area contributed by atoms with Crippen LogP contribution in [0.5, 0.6) is 0 Å². The number of rotatable bonds is 4. The molecule has 0 unspecified atom stereocenters. The molecule has 0 atom stereocenters. The molecule has 0 aromatic heterocycles. The van der Waals surface area contributed by atoms with Crippen LogP contribution in [0.15, 0.2) is 24.3 Å². The summed E-state index contributed by atoms with van der Waals surface area (Å²) in [5, 5.41) is 0. The van der Waals surface area contributed by atoms with Crippen LogP contribution >= 0.6 is 12.6 Å². The average molecular weight is 310 g/mol. The molecule has 0 saturated carbocycles. The topological polar surface area (TPSA) is 40.6 Å². The van der Waals surface area contributed by atoms with Crippen molar-refractivity contribution in [3.63, 3.8) is 0 Å².